The average Bonchev–Trinajstić information content (AvgIpc) is 3.20. The zero-order valence-electron chi connectivity index (χ0n) is 15.2. The fourth-order valence-electron chi connectivity index (χ4n) is 3.45. The van der Waals surface area contributed by atoms with Crippen molar-refractivity contribution in [1.82, 2.24) is 14.9 Å². The summed E-state index contributed by atoms with van der Waals surface area (Å²) in [5.74, 6) is -0.419. The van der Waals surface area contributed by atoms with Gasteiger partial charge in [-0.2, -0.15) is 0 Å². The second-order valence-corrected chi connectivity index (χ2v) is 6.86. The topological polar surface area (TPSA) is 75.3 Å². The summed E-state index contributed by atoms with van der Waals surface area (Å²) in [6.07, 6.45) is 1.72. The minimum atomic E-state index is -0.472. The predicted octanol–water partition coefficient (Wildman–Crippen LogP) is 2.88. The number of nitrogens with zero attached hydrogens (tertiary/aromatic N) is 2. The zero-order valence-corrected chi connectivity index (χ0v) is 15.2. The lowest BCUT2D eigenvalue weighted by Gasteiger charge is -2.25. The number of halogens is 1. The number of amides is 1. The molecule has 144 valence electrons. The Morgan fingerprint density at radius 2 is 2.11 bits per heavy atom. The SMILES string of the molecule is O=C(c1cccc(F)c1)N(Cc1nc2ccccc2c(=O)[nH]1)C[C@H]1CCCO1. The number of hydrogen-bond donors (Lipinski definition) is 1. The molecule has 1 N–H and O–H groups in total. The fourth-order valence-corrected chi connectivity index (χ4v) is 3.45. The fraction of sp³-hybridized carbons (Fsp3) is 0.286. The lowest BCUT2D eigenvalue weighted by atomic mass is 10.1. The summed E-state index contributed by atoms with van der Waals surface area (Å²) in [5.41, 5.74) is 0.563. The van der Waals surface area contributed by atoms with Gasteiger partial charge in [0.1, 0.15) is 11.6 Å². The molecule has 3 aromatic rings. The van der Waals surface area contributed by atoms with Crippen molar-refractivity contribution in [3.05, 3.63) is 76.1 Å². The Balaban J connectivity index is 1.65. The number of H-pyrrole nitrogens is 1. The Labute approximate surface area is 161 Å². The first-order chi connectivity index (χ1) is 13.6. The quantitative estimate of drug-likeness (QED) is 0.737. The number of fused-ring (bicyclic) bond motifs is 1. The third-order valence-electron chi connectivity index (χ3n) is 4.81. The molecule has 1 aliphatic heterocycles. The minimum Gasteiger partial charge on any atom is -0.376 e. The molecule has 0 spiro atoms. The number of nitrogens with one attached hydrogen (secondary N) is 1. The Morgan fingerprint density at radius 3 is 2.89 bits per heavy atom. The van der Waals surface area contributed by atoms with Crippen LogP contribution in [0.4, 0.5) is 4.39 Å². The number of para-hydroxylation sites is 1. The summed E-state index contributed by atoms with van der Waals surface area (Å²) in [5, 5.41) is 0.494. The molecule has 2 aromatic carbocycles. The third kappa shape index (κ3) is 3.94. The van der Waals surface area contributed by atoms with Crippen molar-refractivity contribution >= 4 is 16.8 Å². The van der Waals surface area contributed by atoms with Crippen LogP contribution in [0.1, 0.15) is 29.0 Å². The van der Waals surface area contributed by atoms with Crippen molar-refractivity contribution in [3.8, 4) is 0 Å². The van der Waals surface area contributed by atoms with E-state index < -0.39 is 5.82 Å². The van der Waals surface area contributed by atoms with Crippen LogP contribution in [0.2, 0.25) is 0 Å². The van der Waals surface area contributed by atoms with Gasteiger partial charge in [0.25, 0.3) is 11.5 Å². The van der Waals surface area contributed by atoms with Gasteiger partial charge in [0.15, 0.2) is 0 Å². The van der Waals surface area contributed by atoms with Crippen LogP contribution in [0.3, 0.4) is 0 Å². The van der Waals surface area contributed by atoms with E-state index in [2.05, 4.69) is 9.97 Å². The van der Waals surface area contributed by atoms with E-state index in [-0.39, 0.29) is 29.7 Å². The van der Waals surface area contributed by atoms with Gasteiger partial charge in [-0.15, -0.1) is 0 Å². The van der Waals surface area contributed by atoms with Gasteiger partial charge in [0.05, 0.1) is 23.6 Å². The van der Waals surface area contributed by atoms with Crippen LogP contribution in [0.25, 0.3) is 10.9 Å². The summed E-state index contributed by atoms with van der Waals surface area (Å²) in [4.78, 5) is 34.1. The predicted molar refractivity (Wildman–Crippen MR) is 102 cm³/mol. The van der Waals surface area contributed by atoms with E-state index in [4.69, 9.17) is 4.74 Å². The first-order valence-corrected chi connectivity index (χ1v) is 9.24. The van der Waals surface area contributed by atoms with Crippen LogP contribution in [-0.4, -0.2) is 40.0 Å². The number of rotatable bonds is 5. The summed E-state index contributed by atoms with van der Waals surface area (Å²) >= 11 is 0. The van der Waals surface area contributed by atoms with Gasteiger partial charge in [0, 0.05) is 18.7 Å². The molecule has 28 heavy (non-hydrogen) atoms. The van der Waals surface area contributed by atoms with Crippen molar-refractivity contribution < 1.29 is 13.9 Å². The molecule has 0 saturated carbocycles. The van der Waals surface area contributed by atoms with Gasteiger partial charge < -0.3 is 14.6 Å². The number of carbonyl (C=O) groups excluding carboxylic acids is 1. The highest BCUT2D eigenvalue weighted by molar-refractivity contribution is 5.94. The summed E-state index contributed by atoms with van der Waals surface area (Å²) in [6.45, 7) is 1.12. The number of carbonyl (C=O) groups is 1. The van der Waals surface area contributed by atoms with E-state index in [1.165, 1.54) is 18.2 Å². The molecule has 2 heterocycles. The van der Waals surface area contributed by atoms with Crippen molar-refractivity contribution in [2.75, 3.05) is 13.2 Å². The van der Waals surface area contributed by atoms with Crippen LogP contribution >= 0.6 is 0 Å². The monoisotopic (exact) mass is 381 g/mol. The molecular formula is C21H20FN3O3. The highest BCUT2D eigenvalue weighted by Crippen LogP contribution is 2.17. The molecule has 1 fully saturated rings. The lowest BCUT2D eigenvalue weighted by Crippen LogP contribution is -2.38. The van der Waals surface area contributed by atoms with Crippen LogP contribution in [0.15, 0.2) is 53.3 Å². The highest BCUT2D eigenvalue weighted by Gasteiger charge is 2.24. The average molecular weight is 381 g/mol. The summed E-state index contributed by atoms with van der Waals surface area (Å²) < 4.78 is 19.3. The molecule has 6 nitrogen and oxygen atoms in total. The van der Waals surface area contributed by atoms with E-state index in [9.17, 15) is 14.0 Å². The van der Waals surface area contributed by atoms with Crippen LogP contribution in [0.5, 0.6) is 0 Å². The Hall–Kier alpha value is -3.06. The number of ether oxygens (including phenoxy) is 1. The molecule has 0 radical (unpaired) electrons. The third-order valence-corrected chi connectivity index (χ3v) is 4.81. The van der Waals surface area contributed by atoms with Gasteiger partial charge in [-0.05, 0) is 43.2 Å². The van der Waals surface area contributed by atoms with Crippen LogP contribution < -0.4 is 5.56 Å². The van der Waals surface area contributed by atoms with Gasteiger partial charge in [-0.1, -0.05) is 18.2 Å². The van der Waals surface area contributed by atoms with E-state index >= 15 is 0 Å². The summed E-state index contributed by atoms with van der Waals surface area (Å²) in [7, 11) is 0. The van der Waals surface area contributed by atoms with Gasteiger partial charge in [-0.25, -0.2) is 9.37 Å². The maximum absolute atomic E-state index is 13.6. The van der Waals surface area contributed by atoms with Gasteiger partial charge in [-0.3, -0.25) is 9.59 Å². The molecule has 1 atom stereocenters. The molecule has 1 aliphatic rings. The Kier molecular flexibility index (Phi) is 5.16. The van der Waals surface area contributed by atoms with Crippen molar-refractivity contribution in [2.24, 2.45) is 0 Å². The molecule has 1 aromatic heterocycles. The maximum Gasteiger partial charge on any atom is 0.258 e. The standard InChI is InChI=1S/C21H20FN3O3/c22-15-6-3-5-14(11-15)21(27)25(12-16-7-4-10-28-16)13-19-23-18-9-2-1-8-17(18)20(26)24-19/h1-3,5-6,8-9,11,16H,4,7,10,12-13H2,(H,23,24,26)/t16-/m1/s1. The first-order valence-electron chi connectivity index (χ1n) is 9.24. The van der Waals surface area contributed by atoms with Crippen LogP contribution in [0, 0.1) is 5.82 Å². The smallest absolute Gasteiger partial charge is 0.258 e. The molecular weight excluding hydrogens is 361 g/mol. The van der Waals surface area contributed by atoms with E-state index in [0.29, 0.717) is 29.9 Å². The second kappa shape index (κ2) is 7.90. The lowest BCUT2D eigenvalue weighted by molar-refractivity contribution is 0.0501. The summed E-state index contributed by atoms with van der Waals surface area (Å²) in [6, 6.07) is 12.6. The molecule has 0 unspecified atom stereocenters. The molecule has 4 rings (SSSR count). The zero-order chi connectivity index (χ0) is 19.5. The molecule has 7 heteroatoms. The van der Waals surface area contributed by atoms with Crippen molar-refractivity contribution in [2.45, 2.75) is 25.5 Å². The normalized spacial score (nSPS) is 16.4. The largest absolute Gasteiger partial charge is 0.376 e. The Morgan fingerprint density at radius 1 is 1.25 bits per heavy atom. The van der Waals surface area contributed by atoms with Gasteiger partial charge in [0.2, 0.25) is 0 Å². The van der Waals surface area contributed by atoms with Gasteiger partial charge >= 0.3 is 0 Å². The second-order valence-electron chi connectivity index (χ2n) is 6.86. The molecule has 0 aliphatic carbocycles. The number of aromatic nitrogens is 2. The highest BCUT2D eigenvalue weighted by atomic mass is 19.1. The van der Waals surface area contributed by atoms with Crippen molar-refractivity contribution in [3.63, 3.8) is 0 Å². The number of aromatic amines is 1. The number of benzene rings is 2. The number of hydrogen-bond acceptors (Lipinski definition) is 4. The first kappa shape index (κ1) is 18.3. The van der Waals surface area contributed by atoms with E-state index in [1.54, 1.807) is 35.2 Å². The van der Waals surface area contributed by atoms with Crippen LogP contribution in [-0.2, 0) is 11.3 Å². The molecule has 0 bridgehead atoms. The van der Waals surface area contributed by atoms with E-state index in [0.717, 1.165) is 12.8 Å². The minimum absolute atomic E-state index is 0.0790. The molecule has 1 saturated heterocycles. The van der Waals surface area contributed by atoms with Crippen molar-refractivity contribution in [1.29, 1.82) is 0 Å². The maximum atomic E-state index is 13.6. The Bertz CT molecular complexity index is 1060. The molecule has 1 amide bonds. The van der Waals surface area contributed by atoms with E-state index in [1.807, 2.05) is 0 Å².